The SMILES string of the molecule is CC(=O)c1cccc(-c2ccc(N)c(N)c2)c1. The Kier molecular flexibility index (Phi) is 2.83. The largest absolute Gasteiger partial charge is 0.397 e. The van der Waals surface area contributed by atoms with Crippen molar-refractivity contribution in [2.24, 2.45) is 0 Å². The molecule has 0 amide bonds. The highest BCUT2D eigenvalue weighted by Crippen LogP contribution is 2.25. The number of Topliss-reactive ketones (excluding diaryl/α,β-unsaturated/α-hetero) is 1. The highest BCUT2D eigenvalue weighted by Gasteiger charge is 2.04. The van der Waals surface area contributed by atoms with Gasteiger partial charge >= 0.3 is 0 Å². The highest BCUT2D eigenvalue weighted by atomic mass is 16.1. The number of nitrogen functional groups attached to an aromatic ring is 2. The van der Waals surface area contributed by atoms with Crippen molar-refractivity contribution in [1.29, 1.82) is 0 Å². The van der Waals surface area contributed by atoms with Gasteiger partial charge in [0, 0.05) is 5.56 Å². The van der Waals surface area contributed by atoms with Gasteiger partial charge in [-0.3, -0.25) is 4.79 Å². The fourth-order valence-corrected chi connectivity index (χ4v) is 1.67. The minimum atomic E-state index is 0.0512. The molecule has 0 spiro atoms. The van der Waals surface area contributed by atoms with Gasteiger partial charge in [-0.1, -0.05) is 24.3 Å². The fraction of sp³-hybridized carbons (Fsp3) is 0.0714. The van der Waals surface area contributed by atoms with Gasteiger partial charge in [0.2, 0.25) is 0 Å². The molecule has 0 aliphatic carbocycles. The Hall–Kier alpha value is -2.29. The van der Waals surface area contributed by atoms with Crippen LogP contribution in [0.15, 0.2) is 42.5 Å². The summed E-state index contributed by atoms with van der Waals surface area (Å²) in [5, 5.41) is 0. The second kappa shape index (κ2) is 4.29. The van der Waals surface area contributed by atoms with Crippen molar-refractivity contribution in [3.05, 3.63) is 48.0 Å². The predicted octanol–water partition coefficient (Wildman–Crippen LogP) is 2.72. The van der Waals surface area contributed by atoms with E-state index in [1.165, 1.54) is 0 Å². The Morgan fingerprint density at radius 3 is 2.29 bits per heavy atom. The Balaban J connectivity index is 2.49. The molecule has 0 saturated carbocycles. The summed E-state index contributed by atoms with van der Waals surface area (Å²) in [4.78, 5) is 11.3. The minimum absolute atomic E-state index is 0.0512. The van der Waals surface area contributed by atoms with Crippen molar-refractivity contribution >= 4 is 17.2 Å². The topological polar surface area (TPSA) is 69.1 Å². The first-order chi connectivity index (χ1) is 8.08. The predicted molar refractivity (Wildman–Crippen MR) is 70.7 cm³/mol. The number of hydrogen-bond acceptors (Lipinski definition) is 3. The molecule has 3 heteroatoms. The number of hydrogen-bond donors (Lipinski definition) is 2. The summed E-state index contributed by atoms with van der Waals surface area (Å²) in [5.41, 5.74) is 15.2. The zero-order valence-corrected chi connectivity index (χ0v) is 9.60. The molecular formula is C14H14N2O. The third-order valence-electron chi connectivity index (χ3n) is 2.69. The van der Waals surface area contributed by atoms with Crippen LogP contribution in [0, 0.1) is 0 Å². The van der Waals surface area contributed by atoms with Crippen molar-refractivity contribution in [1.82, 2.24) is 0 Å². The summed E-state index contributed by atoms with van der Waals surface area (Å²) in [6, 6.07) is 12.9. The van der Waals surface area contributed by atoms with Crippen LogP contribution in [-0.2, 0) is 0 Å². The van der Waals surface area contributed by atoms with Gasteiger partial charge < -0.3 is 11.5 Å². The van der Waals surface area contributed by atoms with Gasteiger partial charge in [-0.25, -0.2) is 0 Å². The lowest BCUT2D eigenvalue weighted by Crippen LogP contribution is -1.95. The van der Waals surface area contributed by atoms with Crippen molar-refractivity contribution in [3.8, 4) is 11.1 Å². The van der Waals surface area contributed by atoms with E-state index in [2.05, 4.69) is 0 Å². The smallest absolute Gasteiger partial charge is 0.159 e. The molecule has 3 nitrogen and oxygen atoms in total. The van der Waals surface area contributed by atoms with E-state index in [4.69, 9.17) is 11.5 Å². The quantitative estimate of drug-likeness (QED) is 0.611. The Bertz CT molecular complexity index is 576. The zero-order valence-electron chi connectivity index (χ0n) is 9.60. The first-order valence-corrected chi connectivity index (χ1v) is 5.34. The Morgan fingerprint density at radius 2 is 1.65 bits per heavy atom. The average Bonchev–Trinajstić information content (AvgIpc) is 2.33. The molecule has 0 aliphatic heterocycles. The van der Waals surface area contributed by atoms with Crippen LogP contribution in [0.3, 0.4) is 0 Å². The second-order valence-corrected chi connectivity index (χ2v) is 3.98. The maximum absolute atomic E-state index is 11.3. The number of benzene rings is 2. The molecule has 2 rings (SSSR count). The molecule has 2 aromatic rings. The molecular weight excluding hydrogens is 212 g/mol. The van der Waals surface area contributed by atoms with Crippen molar-refractivity contribution in [2.75, 3.05) is 11.5 Å². The third-order valence-corrected chi connectivity index (χ3v) is 2.69. The lowest BCUT2D eigenvalue weighted by molar-refractivity contribution is 0.101. The van der Waals surface area contributed by atoms with Crippen LogP contribution in [0.5, 0.6) is 0 Å². The fourth-order valence-electron chi connectivity index (χ4n) is 1.67. The number of rotatable bonds is 2. The van der Waals surface area contributed by atoms with Crippen molar-refractivity contribution in [2.45, 2.75) is 6.92 Å². The normalized spacial score (nSPS) is 10.2. The van der Waals surface area contributed by atoms with E-state index in [9.17, 15) is 4.79 Å². The lowest BCUT2D eigenvalue weighted by Gasteiger charge is -2.06. The maximum atomic E-state index is 11.3. The molecule has 0 saturated heterocycles. The van der Waals surface area contributed by atoms with E-state index in [1.54, 1.807) is 19.1 Å². The van der Waals surface area contributed by atoms with Crippen LogP contribution in [0.4, 0.5) is 11.4 Å². The van der Waals surface area contributed by atoms with Crippen LogP contribution in [0.1, 0.15) is 17.3 Å². The van der Waals surface area contributed by atoms with E-state index in [0.29, 0.717) is 16.9 Å². The minimum Gasteiger partial charge on any atom is -0.397 e. The molecule has 0 fully saturated rings. The van der Waals surface area contributed by atoms with Gasteiger partial charge in [-0.15, -0.1) is 0 Å². The van der Waals surface area contributed by atoms with E-state index < -0.39 is 0 Å². The summed E-state index contributed by atoms with van der Waals surface area (Å²) in [6.07, 6.45) is 0. The summed E-state index contributed by atoms with van der Waals surface area (Å²) >= 11 is 0. The molecule has 4 N–H and O–H groups in total. The molecule has 86 valence electrons. The standard InChI is InChI=1S/C14H14N2O/c1-9(17)10-3-2-4-11(7-10)12-5-6-13(15)14(16)8-12/h2-8H,15-16H2,1H3. The molecule has 0 heterocycles. The molecule has 0 unspecified atom stereocenters. The van der Waals surface area contributed by atoms with Gasteiger partial charge in [-0.2, -0.15) is 0 Å². The molecule has 2 aromatic carbocycles. The summed E-state index contributed by atoms with van der Waals surface area (Å²) in [7, 11) is 0. The number of carbonyl (C=O) groups is 1. The van der Waals surface area contributed by atoms with Gasteiger partial charge in [0.05, 0.1) is 11.4 Å². The van der Waals surface area contributed by atoms with Crippen LogP contribution >= 0.6 is 0 Å². The van der Waals surface area contributed by atoms with Crippen LogP contribution in [0.2, 0.25) is 0 Å². The van der Waals surface area contributed by atoms with Crippen molar-refractivity contribution in [3.63, 3.8) is 0 Å². The van der Waals surface area contributed by atoms with E-state index in [1.807, 2.05) is 30.3 Å². The molecule has 0 aromatic heterocycles. The van der Waals surface area contributed by atoms with E-state index in [0.717, 1.165) is 11.1 Å². The van der Waals surface area contributed by atoms with Crippen LogP contribution in [-0.4, -0.2) is 5.78 Å². The third kappa shape index (κ3) is 2.28. The van der Waals surface area contributed by atoms with Gasteiger partial charge in [0.15, 0.2) is 5.78 Å². The van der Waals surface area contributed by atoms with Crippen molar-refractivity contribution < 1.29 is 4.79 Å². The monoisotopic (exact) mass is 226 g/mol. The number of ketones is 1. The van der Waals surface area contributed by atoms with Crippen LogP contribution < -0.4 is 11.5 Å². The maximum Gasteiger partial charge on any atom is 0.159 e. The van der Waals surface area contributed by atoms with E-state index in [-0.39, 0.29) is 5.78 Å². The average molecular weight is 226 g/mol. The molecule has 17 heavy (non-hydrogen) atoms. The molecule has 0 aliphatic rings. The molecule has 0 bridgehead atoms. The Labute approximate surface area is 100 Å². The second-order valence-electron chi connectivity index (χ2n) is 3.98. The number of carbonyl (C=O) groups excluding carboxylic acids is 1. The molecule has 0 atom stereocenters. The van der Waals surface area contributed by atoms with Gasteiger partial charge in [0.1, 0.15) is 0 Å². The van der Waals surface area contributed by atoms with Gasteiger partial charge in [0.25, 0.3) is 0 Å². The number of anilines is 2. The van der Waals surface area contributed by atoms with E-state index >= 15 is 0 Å². The first kappa shape index (κ1) is 11.2. The van der Waals surface area contributed by atoms with Crippen LogP contribution in [0.25, 0.3) is 11.1 Å². The first-order valence-electron chi connectivity index (χ1n) is 5.34. The lowest BCUT2D eigenvalue weighted by atomic mass is 10.0. The number of nitrogens with two attached hydrogens (primary N) is 2. The summed E-state index contributed by atoms with van der Waals surface area (Å²) in [6.45, 7) is 1.55. The summed E-state index contributed by atoms with van der Waals surface area (Å²) in [5.74, 6) is 0.0512. The highest BCUT2D eigenvalue weighted by molar-refractivity contribution is 5.95. The molecule has 0 radical (unpaired) electrons. The Morgan fingerprint density at radius 1 is 0.941 bits per heavy atom. The van der Waals surface area contributed by atoms with Gasteiger partial charge in [-0.05, 0) is 36.2 Å². The zero-order chi connectivity index (χ0) is 12.4. The summed E-state index contributed by atoms with van der Waals surface area (Å²) < 4.78 is 0.